The molecule has 0 saturated carbocycles. The maximum atomic E-state index is 12.6. The molecule has 0 amide bonds. The number of hydrazone groups is 1. The molecular formula is C24H19ClN4O2. The minimum atomic E-state index is -0.431. The molecule has 0 fully saturated rings. The minimum Gasteiger partial charge on any atom is -0.488 e. The van der Waals surface area contributed by atoms with E-state index in [2.05, 4.69) is 15.6 Å². The summed E-state index contributed by atoms with van der Waals surface area (Å²) in [6, 6.07) is 26.5. The van der Waals surface area contributed by atoms with Crippen LogP contribution in [0.4, 0.5) is 5.69 Å². The Labute approximate surface area is 184 Å². The number of aromatic nitrogens is 2. The number of rotatable bonds is 7. The Morgan fingerprint density at radius 1 is 0.968 bits per heavy atom. The molecule has 4 aromatic rings. The number of ether oxygens (including phenoxy) is 1. The molecule has 0 aliphatic heterocycles. The average molecular weight is 431 g/mol. The first-order valence-electron chi connectivity index (χ1n) is 9.60. The van der Waals surface area contributed by atoms with Crippen LogP contribution in [-0.4, -0.2) is 16.0 Å². The molecule has 0 spiro atoms. The van der Waals surface area contributed by atoms with Gasteiger partial charge in [-0.1, -0.05) is 72.3 Å². The smallest absolute Gasteiger partial charge is 0.292 e. The van der Waals surface area contributed by atoms with E-state index in [0.29, 0.717) is 23.7 Å². The van der Waals surface area contributed by atoms with Gasteiger partial charge in [0, 0.05) is 5.56 Å². The van der Waals surface area contributed by atoms with Crippen LogP contribution in [0, 0.1) is 0 Å². The van der Waals surface area contributed by atoms with Crippen LogP contribution in [0.2, 0.25) is 5.02 Å². The Bertz CT molecular complexity index is 1240. The van der Waals surface area contributed by atoms with Crippen molar-refractivity contribution in [2.45, 2.75) is 6.61 Å². The largest absolute Gasteiger partial charge is 0.488 e. The summed E-state index contributed by atoms with van der Waals surface area (Å²) in [6.45, 7) is 0.451. The van der Waals surface area contributed by atoms with Crippen molar-refractivity contribution in [3.63, 3.8) is 0 Å². The number of benzene rings is 3. The van der Waals surface area contributed by atoms with Crippen LogP contribution in [0.25, 0.3) is 5.69 Å². The number of nitrogens with zero attached hydrogens (tertiary/aromatic N) is 3. The second-order valence-electron chi connectivity index (χ2n) is 6.61. The SMILES string of the molecule is O=c1c(Cl)c(N/N=C\c2ccccc2OCc2ccccc2)cnn1-c1ccccc1. The van der Waals surface area contributed by atoms with Crippen LogP contribution in [0.5, 0.6) is 5.75 Å². The number of anilines is 1. The molecular weight excluding hydrogens is 412 g/mol. The van der Waals surface area contributed by atoms with Crippen molar-refractivity contribution in [2.24, 2.45) is 5.10 Å². The molecule has 1 heterocycles. The molecule has 0 unspecified atom stereocenters. The van der Waals surface area contributed by atoms with Crippen molar-refractivity contribution in [2.75, 3.05) is 5.43 Å². The molecule has 1 aromatic heterocycles. The van der Waals surface area contributed by atoms with Gasteiger partial charge in [0.15, 0.2) is 0 Å². The van der Waals surface area contributed by atoms with E-state index < -0.39 is 5.56 Å². The number of hydrogen-bond acceptors (Lipinski definition) is 5. The zero-order valence-corrected chi connectivity index (χ0v) is 17.2. The van der Waals surface area contributed by atoms with Crippen LogP contribution < -0.4 is 15.7 Å². The number of hydrogen-bond donors (Lipinski definition) is 1. The van der Waals surface area contributed by atoms with Gasteiger partial charge >= 0.3 is 0 Å². The van der Waals surface area contributed by atoms with Crippen LogP contribution in [0.3, 0.4) is 0 Å². The van der Waals surface area contributed by atoms with E-state index in [0.717, 1.165) is 11.1 Å². The molecule has 0 aliphatic carbocycles. The van der Waals surface area contributed by atoms with Gasteiger partial charge in [0.25, 0.3) is 5.56 Å². The lowest BCUT2D eigenvalue weighted by molar-refractivity contribution is 0.306. The van der Waals surface area contributed by atoms with Crippen LogP contribution >= 0.6 is 11.6 Å². The molecule has 0 bridgehead atoms. The second-order valence-corrected chi connectivity index (χ2v) is 6.98. The lowest BCUT2D eigenvalue weighted by Crippen LogP contribution is -2.22. The van der Waals surface area contributed by atoms with E-state index in [-0.39, 0.29) is 5.02 Å². The highest BCUT2D eigenvalue weighted by Crippen LogP contribution is 2.19. The van der Waals surface area contributed by atoms with Gasteiger partial charge in [-0.3, -0.25) is 10.2 Å². The first-order chi connectivity index (χ1) is 15.2. The van der Waals surface area contributed by atoms with E-state index >= 15 is 0 Å². The molecule has 0 saturated heterocycles. The predicted molar refractivity (Wildman–Crippen MR) is 123 cm³/mol. The molecule has 154 valence electrons. The van der Waals surface area contributed by atoms with Gasteiger partial charge in [-0.25, -0.2) is 0 Å². The summed E-state index contributed by atoms with van der Waals surface area (Å²) in [5.41, 5.74) is 5.17. The zero-order chi connectivity index (χ0) is 21.5. The van der Waals surface area contributed by atoms with E-state index in [4.69, 9.17) is 16.3 Å². The highest BCUT2D eigenvalue weighted by Gasteiger charge is 2.10. The third-order valence-corrected chi connectivity index (χ3v) is 4.83. The summed E-state index contributed by atoms with van der Waals surface area (Å²) < 4.78 is 7.16. The topological polar surface area (TPSA) is 68.5 Å². The lowest BCUT2D eigenvalue weighted by atomic mass is 10.2. The van der Waals surface area contributed by atoms with Crippen molar-refractivity contribution >= 4 is 23.5 Å². The van der Waals surface area contributed by atoms with Gasteiger partial charge in [0.05, 0.1) is 18.1 Å². The maximum absolute atomic E-state index is 12.6. The molecule has 3 aromatic carbocycles. The van der Waals surface area contributed by atoms with Crippen LogP contribution in [-0.2, 0) is 6.61 Å². The number of nitrogens with one attached hydrogen (secondary N) is 1. The first-order valence-corrected chi connectivity index (χ1v) is 9.98. The fraction of sp³-hybridized carbons (Fsp3) is 0.0417. The standard InChI is InChI=1S/C24H19ClN4O2/c25-23-21(16-27-29(24(23)30)20-12-5-2-6-13-20)28-26-15-19-11-7-8-14-22(19)31-17-18-9-3-1-4-10-18/h1-16,28H,17H2/b26-15-. The van der Waals surface area contributed by atoms with Crippen LogP contribution in [0.15, 0.2) is 101 Å². The van der Waals surface area contributed by atoms with Crippen molar-refractivity contribution in [3.8, 4) is 11.4 Å². The Morgan fingerprint density at radius 3 is 2.42 bits per heavy atom. The normalized spacial score (nSPS) is 10.9. The molecule has 6 nitrogen and oxygen atoms in total. The van der Waals surface area contributed by atoms with E-state index in [1.807, 2.05) is 72.8 Å². The highest BCUT2D eigenvalue weighted by atomic mass is 35.5. The van der Waals surface area contributed by atoms with Crippen molar-refractivity contribution < 1.29 is 4.74 Å². The fourth-order valence-corrected chi connectivity index (χ4v) is 3.06. The molecule has 0 radical (unpaired) electrons. The molecule has 0 atom stereocenters. The van der Waals surface area contributed by atoms with Gasteiger partial charge < -0.3 is 4.74 Å². The van der Waals surface area contributed by atoms with Crippen molar-refractivity contribution in [1.29, 1.82) is 0 Å². The van der Waals surface area contributed by atoms with Gasteiger partial charge in [-0.15, -0.1) is 0 Å². The fourth-order valence-electron chi connectivity index (χ4n) is 2.89. The number of halogens is 1. The van der Waals surface area contributed by atoms with Gasteiger partial charge in [-0.05, 0) is 29.8 Å². The van der Waals surface area contributed by atoms with Crippen LogP contribution in [0.1, 0.15) is 11.1 Å². The summed E-state index contributed by atoms with van der Waals surface area (Å²) >= 11 is 6.24. The molecule has 31 heavy (non-hydrogen) atoms. The summed E-state index contributed by atoms with van der Waals surface area (Å²) in [5, 5.41) is 8.38. The second kappa shape index (κ2) is 9.73. The van der Waals surface area contributed by atoms with E-state index in [9.17, 15) is 4.79 Å². The van der Waals surface area contributed by atoms with Gasteiger partial charge in [-0.2, -0.15) is 14.9 Å². The maximum Gasteiger partial charge on any atom is 0.292 e. The molecule has 1 N–H and O–H groups in total. The average Bonchev–Trinajstić information content (AvgIpc) is 2.82. The zero-order valence-electron chi connectivity index (χ0n) is 16.5. The van der Waals surface area contributed by atoms with Gasteiger partial charge in [0.1, 0.15) is 23.1 Å². The summed E-state index contributed by atoms with van der Waals surface area (Å²) in [6.07, 6.45) is 3.07. The Kier molecular flexibility index (Phi) is 6.40. The predicted octanol–water partition coefficient (Wildman–Crippen LogP) is 4.91. The van der Waals surface area contributed by atoms with E-state index in [1.54, 1.807) is 18.3 Å². The first kappa shape index (κ1) is 20.4. The van der Waals surface area contributed by atoms with Crippen molar-refractivity contribution in [1.82, 2.24) is 9.78 Å². The summed E-state index contributed by atoms with van der Waals surface area (Å²) in [7, 11) is 0. The Balaban J connectivity index is 1.48. The third kappa shape index (κ3) is 4.99. The molecule has 4 rings (SSSR count). The van der Waals surface area contributed by atoms with Gasteiger partial charge in [0.2, 0.25) is 0 Å². The lowest BCUT2D eigenvalue weighted by Gasteiger charge is -2.09. The Morgan fingerprint density at radius 2 is 1.65 bits per heavy atom. The Hall–Kier alpha value is -3.90. The molecule has 0 aliphatic rings. The van der Waals surface area contributed by atoms with E-state index in [1.165, 1.54) is 10.9 Å². The monoisotopic (exact) mass is 430 g/mol. The highest BCUT2D eigenvalue weighted by molar-refractivity contribution is 6.32. The summed E-state index contributed by atoms with van der Waals surface area (Å²) in [4.78, 5) is 12.6. The quantitative estimate of drug-likeness (QED) is 0.334. The number of para-hydroxylation sites is 2. The third-order valence-electron chi connectivity index (χ3n) is 4.46. The molecule has 7 heteroatoms. The minimum absolute atomic E-state index is 0.00427. The van der Waals surface area contributed by atoms with Crippen molar-refractivity contribution in [3.05, 3.63) is 118 Å². The summed E-state index contributed by atoms with van der Waals surface area (Å²) in [5.74, 6) is 0.695.